The van der Waals surface area contributed by atoms with Crippen LogP contribution in [0, 0.1) is 58.2 Å². The highest BCUT2D eigenvalue weighted by atomic mass is 16.6. The Morgan fingerprint density at radius 2 is 1.26 bits per heavy atom. The number of rotatable bonds is 0. The summed E-state index contributed by atoms with van der Waals surface area (Å²) in [5.41, 5.74) is -0.931. The molecule has 4 bridgehead atoms. The minimum Gasteiger partial charge on any atom is -0.393 e. The summed E-state index contributed by atoms with van der Waals surface area (Å²) >= 11 is 0. The van der Waals surface area contributed by atoms with Gasteiger partial charge in [0.15, 0.2) is 0 Å². The Balaban J connectivity index is 1.23. The van der Waals surface area contributed by atoms with E-state index in [1.165, 1.54) is 0 Å². The Bertz CT molecular complexity index is 834. The molecule has 1 saturated heterocycles. The van der Waals surface area contributed by atoms with E-state index in [2.05, 4.69) is 0 Å². The third-order valence-corrected chi connectivity index (χ3v) is 9.82. The molecule has 7 fully saturated rings. The van der Waals surface area contributed by atoms with Crippen LogP contribution in [0.3, 0.4) is 0 Å². The number of Topliss-reactive ketones (excluding diaryl/α,β-unsaturated/α-hetero) is 3. The molecular formula is C21H20O6. The van der Waals surface area contributed by atoms with Gasteiger partial charge >= 0.3 is 11.9 Å². The van der Waals surface area contributed by atoms with Gasteiger partial charge in [0, 0.05) is 22.7 Å². The summed E-state index contributed by atoms with van der Waals surface area (Å²) in [5, 5.41) is 0. The number of cyclic esters (lactones) is 2. The molecule has 7 aliphatic rings. The molecule has 6 nitrogen and oxygen atoms in total. The van der Waals surface area contributed by atoms with Gasteiger partial charge in [-0.1, -0.05) is 0 Å². The average Bonchev–Trinajstić information content (AvgIpc) is 3.40. The molecule has 0 aromatic carbocycles. The van der Waals surface area contributed by atoms with Gasteiger partial charge in [0.2, 0.25) is 0 Å². The molecule has 10 unspecified atom stereocenters. The van der Waals surface area contributed by atoms with E-state index in [-0.39, 0.29) is 65.2 Å². The van der Waals surface area contributed by atoms with Crippen molar-refractivity contribution in [1.82, 2.24) is 0 Å². The van der Waals surface area contributed by atoms with Crippen molar-refractivity contribution in [2.45, 2.75) is 38.5 Å². The van der Waals surface area contributed by atoms with Crippen LogP contribution in [0.5, 0.6) is 0 Å². The SMILES string of the molecule is O=C1CC(=O)C2C1C1CC2C2(C1)CC1(CC3CC1C1C(=O)OC(=O)C31)C2=O. The van der Waals surface area contributed by atoms with E-state index >= 15 is 0 Å². The molecule has 27 heavy (non-hydrogen) atoms. The highest BCUT2D eigenvalue weighted by molar-refractivity contribution is 6.11. The molecule has 6 aliphatic carbocycles. The van der Waals surface area contributed by atoms with Crippen LogP contribution in [0.2, 0.25) is 0 Å². The highest BCUT2D eigenvalue weighted by Crippen LogP contribution is 2.79. The van der Waals surface area contributed by atoms with Crippen LogP contribution in [0.4, 0.5) is 0 Å². The van der Waals surface area contributed by atoms with Crippen molar-refractivity contribution >= 4 is 29.3 Å². The van der Waals surface area contributed by atoms with Crippen molar-refractivity contribution < 1.29 is 28.7 Å². The molecule has 0 amide bonds. The molecule has 6 heteroatoms. The molecule has 7 rings (SSSR count). The monoisotopic (exact) mass is 368 g/mol. The quantitative estimate of drug-likeness (QED) is 0.469. The van der Waals surface area contributed by atoms with Crippen molar-refractivity contribution in [2.24, 2.45) is 58.2 Å². The molecule has 0 N–H and O–H groups in total. The minimum absolute atomic E-state index is 0.0247. The molecule has 140 valence electrons. The summed E-state index contributed by atoms with van der Waals surface area (Å²) in [6.45, 7) is 0. The van der Waals surface area contributed by atoms with E-state index in [4.69, 9.17) is 4.74 Å². The second-order valence-electron chi connectivity index (χ2n) is 10.4. The van der Waals surface area contributed by atoms with E-state index in [9.17, 15) is 24.0 Å². The number of esters is 2. The zero-order chi connectivity index (χ0) is 18.5. The van der Waals surface area contributed by atoms with Crippen molar-refractivity contribution in [3.63, 3.8) is 0 Å². The Morgan fingerprint density at radius 1 is 0.704 bits per heavy atom. The molecule has 6 saturated carbocycles. The summed E-state index contributed by atoms with van der Waals surface area (Å²) in [6.07, 6.45) is 3.84. The fourth-order valence-corrected chi connectivity index (χ4v) is 9.35. The lowest BCUT2D eigenvalue weighted by Gasteiger charge is -2.60. The zero-order valence-electron chi connectivity index (χ0n) is 14.8. The van der Waals surface area contributed by atoms with Crippen molar-refractivity contribution in [3.05, 3.63) is 0 Å². The lowest BCUT2D eigenvalue weighted by molar-refractivity contribution is -0.181. The fraction of sp³-hybridized carbons (Fsp3) is 0.762. The molecular weight excluding hydrogens is 348 g/mol. The van der Waals surface area contributed by atoms with E-state index in [0.29, 0.717) is 6.42 Å². The largest absolute Gasteiger partial charge is 0.393 e. The van der Waals surface area contributed by atoms with E-state index in [1.807, 2.05) is 0 Å². The van der Waals surface area contributed by atoms with Crippen molar-refractivity contribution in [2.75, 3.05) is 0 Å². The third-order valence-electron chi connectivity index (χ3n) is 9.82. The van der Waals surface area contributed by atoms with Crippen molar-refractivity contribution in [1.29, 1.82) is 0 Å². The van der Waals surface area contributed by atoms with Crippen LogP contribution < -0.4 is 0 Å². The number of carbonyl (C=O) groups excluding carboxylic acids is 5. The van der Waals surface area contributed by atoms with E-state index < -0.39 is 28.7 Å². The first kappa shape index (κ1) is 15.1. The third kappa shape index (κ3) is 1.34. The van der Waals surface area contributed by atoms with Gasteiger partial charge in [-0.25, -0.2) is 0 Å². The first-order valence-electron chi connectivity index (χ1n) is 10.2. The van der Waals surface area contributed by atoms with Crippen LogP contribution in [0.15, 0.2) is 0 Å². The number of fused-ring (bicyclic) bond motifs is 12. The topological polar surface area (TPSA) is 94.6 Å². The highest BCUT2D eigenvalue weighted by Gasteiger charge is 2.81. The average molecular weight is 368 g/mol. The Labute approximate surface area is 155 Å². The summed E-state index contributed by atoms with van der Waals surface area (Å²) in [5.74, 6) is -1.37. The maximum atomic E-state index is 13.7. The van der Waals surface area contributed by atoms with Gasteiger partial charge in [0.05, 0.1) is 18.3 Å². The minimum atomic E-state index is -0.485. The molecule has 10 atom stereocenters. The molecule has 0 aromatic heterocycles. The second-order valence-corrected chi connectivity index (χ2v) is 10.4. The maximum absolute atomic E-state index is 13.7. The number of carbonyl (C=O) groups is 5. The maximum Gasteiger partial charge on any atom is 0.317 e. The standard InChI is InChI=1S/C21H20O6/c22-11-3-12(23)15-9-1-7(13(11)15)4-20(9)6-21(19(20)26)5-8-2-10(21)16-14(8)17(24)27-18(16)25/h7-10,13-16H,1-6H2. The smallest absolute Gasteiger partial charge is 0.317 e. The zero-order valence-corrected chi connectivity index (χ0v) is 14.8. The number of ketones is 3. The van der Waals surface area contributed by atoms with Crippen LogP contribution in [-0.2, 0) is 28.7 Å². The Kier molecular flexibility index (Phi) is 2.30. The Morgan fingerprint density at radius 3 is 1.93 bits per heavy atom. The lowest BCUT2D eigenvalue weighted by Crippen LogP contribution is -2.65. The Hall–Kier alpha value is -1.85. The lowest BCUT2D eigenvalue weighted by atomic mass is 9.40. The predicted molar refractivity (Wildman–Crippen MR) is 86.6 cm³/mol. The van der Waals surface area contributed by atoms with Gasteiger partial charge in [-0.2, -0.15) is 0 Å². The van der Waals surface area contributed by atoms with Crippen LogP contribution >= 0.6 is 0 Å². The first-order chi connectivity index (χ1) is 12.9. The van der Waals surface area contributed by atoms with Gasteiger partial charge < -0.3 is 4.74 Å². The van der Waals surface area contributed by atoms with Crippen LogP contribution in [-0.4, -0.2) is 29.3 Å². The number of hydrogen-bond donors (Lipinski definition) is 0. The van der Waals surface area contributed by atoms with Gasteiger partial charge in [-0.05, 0) is 55.8 Å². The molecule has 0 aromatic rings. The normalized spacial score (nSPS) is 59.2. The molecule has 2 spiro atoms. The summed E-state index contributed by atoms with van der Waals surface area (Å²) in [6, 6.07) is 0. The van der Waals surface area contributed by atoms with Crippen LogP contribution in [0.25, 0.3) is 0 Å². The fourth-order valence-electron chi connectivity index (χ4n) is 9.35. The van der Waals surface area contributed by atoms with Crippen LogP contribution in [0.1, 0.15) is 38.5 Å². The summed E-state index contributed by atoms with van der Waals surface area (Å²) in [4.78, 5) is 62.6. The molecule has 1 aliphatic heterocycles. The van der Waals surface area contributed by atoms with E-state index in [1.54, 1.807) is 0 Å². The first-order valence-corrected chi connectivity index (χ1v) is 10.2. The van der Waals surface area contributed by atoms with Gasteiger partial charge in [0.1, 0.15) is 17.3 Å². The van der Waals surface area contributed by atoms with Gasteiger partial charge in [0.25, 0.3) is 0 Å². The van der Waals surface area contributed by atoms with Gasteiger partial charge in [-0.15, -0.1) is 0 Å². The summed E-state index contributed by atoms with van der Waals surface area (Å²) < 4.78 is 4.88. The van der Waals surface area contributed by atoms with Crippen molar-refractivity contribution in [3.8, 4) is 0 Å². The summed E-state index contributed by atoms with van der Waals surface area (Å²) in [7, 11) is 0. The van der Waals surface area contributed by atoms with Gasteiger partial charge in [-0.3, -0.25) is 24.0 Å². The second kappa shape index (κ2) is 4.11. The van der Waals surface area contributed by atoms with E-state index in [0.717, 1.165) is 25.7 Å². The molecule has 1 heterocycles. The number of hydrogen-bond acceptors (Lipinski definition) is 6. The molecule has 0 radical (unpaired) electrons. The predicted octanol–water partition coefficient (Wildman–Crippen LogP) is 1.10. The number of ether oxygens (including phenoxy) is 1.